The van der Waals surface area contributed by atoms with Crippen LogP contribution >= 0.6 is 11.6 Å². The molecule has 1 heterocycles. The van der Waals surface area contributed by atoms with Gasteiger partial charge in [0.1, 0.15) is 0 Å². The number of carbonyl (C=O) groups is 1. The Hall–Kier alpha value is -1.36. The zero-order valence-electron chi connectivity index (χ0n) is 18.2. The largest absolute Gasteiger partial charge is 0.381 e. The molecule has 0 N–H and O–H groups in total. The Morgan fingerprint density at radius 3 is 2.76 bits per heavy atom. The van der Waals surface area contributed by atoms with Crippen LogP contribution in [0.4, 0.5) is 5.69 Å². The average molecular weight is 421 g/mol. The van der Waals surface area contributed by atoms with Crippen LogP contribution in [0.2, 0.25) is 5.02 Å². The molecule has 0 amide bonds. The highest BCUT2D eigenvalue weighted by Gasteiger charge is 2.22. The summed E-state index contributed by atoms with van der Waals surface area (Å²) in [5, 5.41) is 0.630. The number of benzene rings is 1. The van der Waals surface area contributed by atoms with Gasteiger partial charge in [-0.25, -0.2) is 0 Å². The van der Waals surface area contributed by atoms with Crippen molar-refractivity contribution in [1.82, 2.24) is 4.90 Å². The summed E-state index contributed by atoms with van der Waals surface area (Å²) in [4.78, 5) is 16.9. The van der Waals surface area contributed by atoms with Gasteiger partial charge in [0.15, 0.2) is 5.78 Å². The Morgan fingerprint density at radius 1 is 1.31 bits per heavy atom. The predicted octanol–water partition coefficient (Wildman–Crippen LogP) is 5.45. The molecule has 162 valence electrons. The fourth-order valence-electron chi connectivity index (χ4n) is 3.91. The average Bonchev–Trinajstić information content (AvgIpc) is 2.73. The summed E-state index contributed by atoms with van der Waals surface area (Å²) >= 11 is 6.12. The molecule has 0 unspecified atom stereocenters. The van der Waals surface area contributed by atoms with E-state index in [1.807, 2.05) is 31.2 Å². The number of likely N-dealkylation sites (N-methyl/N-ethyl adjacent to an activating group) is 1. The highest BCUT2D eigenvalue weighted by atomic mass is 35.5. The van der Waals surface area contributed by atoms with Crippen LogP contribution in [0, 0.1) is 5.92 Å². The third-order valence-corrected chi connectivity index (χ3v) is 5.96. The maximum atomic E-state index is 12.3. The molecule has 1 aliphatic heterocycles. The first-order chi connectivity index (χ1) is 14.0. The Kier molecular flexibility index (Phi) is 10.8. The van der Waals surface area contributed by atoms with Gasteiger partial charge in [-0.15, -0.1) is 6.58 Å². The smallest absolute Gasteiger partial charge is 0.164 e. The highest BCUT2D eigenvalue weighted by Crippen LogP contribution is 2.30. The molecule has 1 aromatic carbocycles. The molecule has 0 aliphatic carbocycles. The molecule has 0 saturated carbocycles. The minimum atomic E-state index is 0.161. The number of nitrogens with zero attached hydrogens (tertiary/aromatic N) is 2. The van der Waals surface area contributed by atoms with Gasteiger partial charge in [-0.3, -0.25) is 4.79 Å². The lowest BCUT2D eigenvalue weighted by Crippen LogP contribution is -2.35. The molecule has 4 nitrogen and oxygen atoms in total. The zero-order valence-corrected chi connectivity index (χ0v) is 18.9. The van der Waals surface area contributed by atoms with Gasteiger partial charge in [-0.1, -0.05) is 24.6 Å². The van der Waals surface area contributed by atoms with E-state index in [-0.39, 0.29) is 5.78 Å². The number of ketones is 1. The number of halogens is 1. The fourth-order valence-corrected chi connectivity index (χ4v) is 4.08. The lowest BCUT2D eigenvalue weighted by atomic mass is 9.93. The molecule has 0 bridgehead atoms. The third-order valence-electron chi connectivity index (χ3n) is 5.73. The van der Waals surface area contributed by atoms with Crippen molar-refractivity contribution in [3.05, 3.63) is 41.4 Å². The van der Waals surface area contributed by atoms with Gasteiger partial charge in [0, 0.05) is 55.5 Å². The van der Waals surface area contributed by atoms with Gasteiger partial charge >= 0.3 is 0 Å². The van der Waals surface area contributed by atoms with E-state index in [1.54, 1.807) is 0 Å². The van der Waals surface area contributed by atoms with Gasteiger partial charge in [0.05, 0.1) is 0 Å². The second kappa shape index (κ2) is 13.0. The van der Waals surface area contributed by atoms with Crippen molar-refractivity contribution in [2.45, 2.75) is 45.4 Å². The van der Waals surface area contributed by atoms with Gasteiger partial charge in [0.2, 0.25) is 0 Å². The number of carbonyl (C=O) groups excluding carboxylic acids is 1. The van der Waals surface area contributed by atoms with Crippen LogP contribution in [0.5, 0.6) is 0 Å². The highest BCUT2D eigenvalue weighted by molar-refractivity contribution is 6.31. The maximum Gasteiger partial charge on any atom is 0.164 e. The maximum absolute atomic E-state index is 12.3. The van der Waals surface area contributed by atoms with Gasteiger partial charge < -0.3 is 14.5 Å². The molecule has 5 heteroatoms. The van der Waals surface area contributed by atoms with Crippen LogP contribution in [0.1, 0.15) is 55.8 Å². The van der Waals surface area contributed by atoms with E-state index in [4.69, 9.17) is 16.3 Å². The number of Topliss-reactive ketones (excluding diaryl/α,β-unsaturated/α-hetero) is 1. The quantitative estimate of drug-likeness (QED) is 0.241. The van der Waals surface area contributed by atoms with E-state index in [9.17, 15) is 4.79 Å². The zero-order chi connectivity index (χ0) is 21.1. The topological polar surface area (TPSA) is 32.8 Å². The molecular formula is C24H37ClN2O2. The lowest BCUT2D eigenvalue weighted by molar-refractivity contribution is 0.0988. The van der Waals surface area contributed by atoms with Crippen LogP contribution in [0.3, 0.4) is 0 Å². The molecule has 1 aromatic rings. The number of piperidine rings is 1. The number of rotatable bonds is 13. The van der Waals surface area contributed by atoms with Crippen molar-refractivity contribution in [2.75, 3.05) is 51.3 Å². The summed E-state index contributed by atoms with van der Waals surface area (Å²) in [6, 6.07) is 5.71. The van der Waals surface area contributed by atoms with Crippen molar-refractivity contribution in [3.63, 3.8) is 0 Å². The predicted molar refractivity (Wildman–Crippen MR) is 123 cm³/mol. The van der Waals surface area contributed by atoms with Crippen molar-refractivity contribution in [3.8, 4) is 0 Å². The summed E-state index contributed by atoms with van der Waals surface area (Å²) in [6.07, 6.45) is 8.16. The van der Waals surface area contributed by atoms with Crippen LogP contribution in [-0.4, -0.2) is 57.1 Å². The minimum Gasteiger partial charge on any atom is -0.381 e. The number of ether oxygens (including phenoxy) is 1. The summed E-state index contributed by atoms with van der Waals surface area (Å²) in [5.74, 6) is 0.872. The Bertz CT molecular complexity index is 642. The van der Waals surface area contributed by atoms with Crippen molar-refractivity contribution < 1.29 is 9.53 Å². The number of unbranched alkanes of at least 4 members (excludes halogenated alkanes) is 1. The molecule has 29 heavy (non-hydrogen) atoms. The van der Waals surface area contributed by atoms with Crippen LogP contribution in [0.25, 0.3) is 0 Å². The van der Waals surface area contributed by atoms with Crippen molar-refractivity contribution >= 4 is 23.1 Å². The minimum absolute atomic E-state index is 0.161. The number of hydrogen-bond donors (Lipinski definition) is 0. The third kappa shape index (κ3) is 8.12. The van der Waals surface area contributed by atoms with Crippen LogP contribution < -0.4 is 4.90 Å². The molecule has 1 saturated heterocycles. The van der Waals surface area contributed by atoms with Crippen LogP contribution in [0.15, 0.2) is 30.9 Å². The van der Waals surface area contributed by atoms with E-state index in [1.165, 1.54) is 6.42 Å². The van der Waals surface area contributed by atoms with Gasteiger partial charge in [-0.2, -0.15) is 0 Å². The number of anilines is 1. The molecule has 2 rings (SSSR count). The Morgan fingerprint density at radius 2 is 2.07 bits per heavy atom. The van der Waals surface area contributed by atoms with Crippen molar-refractivity contribution in [1.29, 1.82) is 0 Å². The summed E-state index contributed by atoms with van der Waals surface area (Å²) in [5.41, 5.74) is 1.80. The van der Waals surface area contributed by atoms with E-state index >= 15 is 0 Å². The van der Waals surface area contributed by atoms with E-state index < -0.39 is 0 Å². The van der Waals surface area contributed by atoms with E-state index in [0.717, 1.165) is 76.3 Å². The van der Waals surface area contributed by atoms with Gasteiger partial charge in [0.25, 0.3) is 0 Å². The van der Waals surface area contributed by atoms with Crippen LogP contribution in [-0.2, 0) is 4.74 Å². The molecule has 1 fully saturated rings. The molecule has 0 atom stereocenters. The standard InChI is InChI=1S/C24H37ClN2O2/c1-4-13-26(3)14-6-7-17-29-18-12-20-10-15-27(16-11-20)23-9-8-21(25)19-22(23)24(28)5-2/h4,8-9,19-20H,1,5-7,10-18H2,2-3H3. The first-order valence-corrected chi connectivity index (χ1v) is 11.4. The van der Waals surface area contributed by atoms with E-state index in [0.29, 0.717) is 17.4 Å². The first kappa shape index (κ1) is 23.9. The second-order valence-electron chi connectivity index (χ2n) is 8.03. The first-order valence-electron chi connectivity index (χ1n) is 11.0. The van der Waals surface area contributed by atoms with E-state index in [2.05, 4.69) is 23.4 Å². The monoisotopic (exact) mass is 420 g/mol. The SMILES string of the molecule is C=CCN(C)CCCCOCCC1CCN(c2ccc(Cl)cc2C(=O)CC)CC1. The number of hydrogen-bond acceptors (Lipinski definition) is 4. The summed E-state index contributed by atoms with van der Waals surface area (Å²) < 4.78 is 5.86. The second-order valence-corrected chi connectivity index (χ2v) is 8.46. The Balaban J connectivity index is 1.66. The molecule has 0 radical (unpaired) electrons. The molecule has 1 aliphatic rings. The summed E-state index contributed by atoms with van der Waals surface area (Å²) in [6.45, 7) is 11.4. The fraction of sp³-hybridized carbons (Fsp3) is 0.625. The Labute approximate surface area is 181 Å². The molecule has 0 spiro atoms. The molecule has 0 aromatic heterocycles. The molecular weight excluding hydrogens is 384 g/mol. The lowest BCUT2D eigenvalue weighted by Gasteiger charge is -2.34. The van der Waals surface area contributed by atoms with Gasteiger partial charge in [-0.05, 0) is 69.8 Å². The van der Waals surface area contributed by atoms with Crippen molar-refractivity contribution in [2.24, 2.45) is 5.92 Å². The normalized spacial score (nSPS) is 15.1. The summed E-state index contributed by atoms with van der Waals surface area (Å²) in [7, 11) is 2.13.